The molecule has 0 heterocycles. The van der Waals surface area contributed by atoms with Crippen molar-refractivity contribution in [2.75, 3.05) is 0 Å². The van der Waals surface area contributed by atoms with Crippen molar-refractivity contribution in [3.05, 3.63) is 180 Å². The molecule has 0 unspecified atom stereocenters. The van der Waals surface area contributed by atoms with E-state index in [1.54, 1.807) is 0 Å². The molecule has 0 saturated heterocycles. The molecule has 0 spiro atoms. The standard InChI is InChI=1S/C40H28/c1-3-15-28(16-4-1)39-34-23-9-7-19-30(34)36(31-20-8-10-24-35(31)39)27-40(29-17-5-2-6-18-29)37-25-13-11-21-32(37)33-22-12-14-26-38(33)40/h1-26H,27H2. The van der Waals surface area contributed by atoms with E-state index in [1.165, 1.54) is 66.1 Å². The highest BCUT2D eigenvalue weighted by Crippen LogP contribution is 2.55. The summed E-state index contributed by atoms with van der Waals surface area (Å²) < 4.78 is 0. The van der Waals surface area contributed by atoms with Gasteiger partial charge in [-0.1, -0.05) is 158 Å². The molecular weight excluding hydrogens is 480 g/mol. The fraction of sp³-hybridized carbons (Fsp3) is 0.0500. The predicted octanol–water partition coefficient (Wildman–Crippen LogP) is 10.2. The van der Waals surface area contributed by atoms with Gasteiger partial charge in [-0.3, -0.25) is 0 Å². The molecule has 40 heavy (non-hydrogen) atoms. The molecule has 0 saturated carbocycles. The maximum absolute atomic E-state index is 2.35. The molecule has 7 aromatic carbocycles. The summed E-state index contributed by atoms with van der Waals surface area (Å²) in [6, 6.07) is 58.1. The van der Waals surface area contributed by atoms with Crippen LogP contribution in [0.3, 0.4) is 0 Å². The van der Waals surface area contributed by atoms with E-state index in [2.05, 4.69) is 158 Å². The molecule has 1 aliphatic rings. The first-order valence-electron chi connectivity index (χ1n) is 14.1. The second-order valence-electron chi connectivity index (χ2n) is 10.9. The van der Waals surface area contributed by atoms with Gasteiger partial charge >= 0.3 is 0 Å². The van der Waals surface area contributed by atoms with Crippen LogP contribution in [0.25, 0.3) is 43.8 Å². The molecule has 0 nitrogen and oxygen atoms in total. The van der Waals surface area contributed by atoms with Gasteiger partial charge in [-0.2, -0.15) is 0 Å². The molecule has 8 rings (SSSR count). The highest BCUT2D eigenvalue weighted by Gasteiger charge is 2.45. The van der Waals surface area contributed by atoms with Crippen molar-refractivity contribution in [2.45, 2.75) is 11.8 Å². The lowest BCUT2D eigenvalue weighted by atomic mass is 9.67. The summed E-state index contributed by atoms with van der Waals surface area (Å²) in [4.78, 5) is 0. The van der Waals surface area contributed by atoms with Crippen molar-refractivity contribution in [3.8, 4) is 22.3 Å². The van der Waals surface area contributed by atoms with E-state index >= 15 is 0 Å². The number of hydrogen-bond acceptors (Lipinski definition) is 0. The quantitative estimate of drug-likeness (QED) is 0.207. The lowest BCUT2D eigenvalue weighted by Crippen LogP contribution is -2.30. The zero-order chi connectivity index (χ0) is 26.5. The normalized spacial score (nSPS) is 13.3. The zero-order valence-electron chi connectivity index (χ0n) is 22.2. The first-order chi connectivity index (χ1) is 19.9. The highest BCUT2D eigenvalue weighted by molar-refractivity contribution is 6.15. The summed E-state index contributed by atoms with van der Waals surface area (Å²) in [5.41, 5.74) is 10.5. The van der Waals surface area contributed by atoms with Gasteiger partial charge in [0.15, 0.2) is 0 Å². The average Bonchev–Trinajstić information content (AvgIpc) is 3.32. The molecule has 1 aliphatic carbocycles. The van der Waals surface area contributed by atoms with E-state index in [0.29, 0.717) is 0 Å². The summed E-state index contributed by atoms with van der Waals surface area (Å²) >= 11 is 0. The van der Waals surface area contributed by atoms with Gasteiger partial charge in [-0.15, -0.1) is 0 Å². The van der Waals surface area contributed by atoms with Gasteiger partial charge in [0.05, 0.1) is 5.41 Å². The van der Waals surface area contributed by atoms with Crippen LogP contribution in [-0.2, 0) is 11.8 Å². The lowest BCUT2D eigenvalue weighted by Gasteiger charge is -2.34. The monoisotopic (exact) mass is 508 g/mol. The molecule has 0 aromatic heterocycles. The fourth-order valence-electron chi connectivity index (χ4n) is 7.24. The van der Waals surface area contributed by atoms with E-state index in [4.69, 9.17) is 0 Å². The Morgan fingerprint density at radius 3 is 1.35 bits per heavy atom. The number of fused-ring (bicyclic) bond motifs is 5. The van der Waals surface area contributed by atoms with Crippen LogP contribution in [0, 0.1) is 0 Å². The van der Waals surface area contributed by atoms with Gasteiger partial charge in [-0.25, -0.2) is 0 Å². The zero-order valence-corrected chi connectivity index (χ0v) is 22.2. The van der Waals surface area contributed by atoms with Gasteiger partial charge in [0.25, 0.3) is 0 Å². The number of hydrogen-bond donors (Lipinski definition) is 0. The second-order valence-corrected chi connectivity index (χ2v) is 10.9. The maximum Gasteiger partial charge on any atom is 0.0504 e. The molecule has 0 N–H and O–H groups in total. The molecule has 0 heteroatoms. The van der Waals surface area contributed by atoms with Gasteiger partial charge in [0, 0.05) is 0 Å². The minimum Gasteiger partial charge on any atom is -0.0622 e. The van der Waals surface area contributed by atoms with Crippen LogP contribution >= 0.6 is 0 Å². The molecule has 188 valence electrons. The SMILES string of the molecule is c1ccc(-c2c3ccccc3c(CC3(c4ccccc4)c4ccccc4-c4ccccc43)c3ccccc23)cc1. The highest BCUT2D eigenvalue weighted by atomic mass is 14.5. The van der Waals surface area contributed by atoms with Gasteiger partial charge in [0.1, 0.15) is 0 Å². The Morgan fingerprint density at radius 2 is 0.800 bits per heavy atom. The third kappa shape index (κ3) is 3.26. The summed E-state index contributed by atoms with van der Waals surface area (Å²) in [7, 11) is 0. The first-order valence-corrected chi connectivity index (χ1v) is 14.1. The minimum absolute atomic E-state index is 0.297. The van der Waals surface area contributed by atoms with Crippen molar-refractivity contribution >= 4 is 21.5 Å². The smallest absolute Gasteiger partial charge is 0.0504 e. The molecule has 0 amide bonds. The van der Waals surface area contributed by atoms with Crippen molar-refractivity contribution in [1.82, 2.24) is 0 Å². The third-order valence-electron chi connectivity index (χ3n) is 8.88. The summed E-state index contributed by atoms with van der Waals surface area (Å²) in [6.45, 7) is 0. The Bertz CT molecular complexity index is 1910. The Balaban J connectivity index is 1.50. The second kappa shape index (κ2) is 9.07. The van der Waals surface area contributed by atoms with Crippen LogP contribution < -0.4 is 0 Å². The van der Waals surface area contributed by atoms with Crippen LogP contribution in [0.4, 0.5) is 0 Å². The Morgan fingerprint density at radius 1 is 0.375 bits per heavy atom. The number of benzene rings is 7. The van der Waals surface area contributed by atoms with E-state index in [0.717, 1.165) is 6.42 Å². The Labute approximate surface area is 235 Å². The molecular formula is C40H28. The average molecular weight is 509 g/mol. The van der Waals surface area contributed by atoms with Crippen molar-refractivity contribution < 1.29 is 0 Å². The molecule has 0 fully saturated rings. The van der Waals surface area contributed by atoms with Crippen LogP contribution in [0.5, 0.6) is 0 Å². The largest absolute Gasteiger partial charge is 0.0622 e. The van der Waals surface area contributed by atoms with Gasteiger partial charge in [0.2, 0.25) is 0 Å². The van der Waals surface area contributed by atoms with Crippen molar-refractivity contribution in [3.63, 3.8) is 0 Å². The Hall–Kier alpha value is -4.94. The minimum atomic E-state index is -0.297. The van der Waals surface area contributed by atoms with E-state index in [-0.39, 0.29) is 5.41 Å². The van der Waals surface area contributed by atoms with Crippen LogP contribution in [-0.4, -0.2) is 0 Å². The van der Waals surface area contributed by atoms with Gasteiger partial charge in [-0.05, 0) is 72.5 Å². The van der Waals surface area contributed by atoms with Crippen LogP contribution in [0.2, 0.25) is 0 Å². The van der Waals surface area contributed by atoms with E-state index < -0.39 is 0 Å². The van der Waals surface area contributed by atoms with Crippen LogP contribution in [0.1, 0.15) is 22.3 Å². The molecule has 0 radical (unpaired) electrons. The molecule has 0 atom stereocenters. The molecule has 0 bridgehead atoms. The molecule has 0 aliphatic heterocycles. The van der Waals surface area contributed by atoms with Crippen molar-refractivity contribution in [1.29, 1.82) is 0 Å². The van der Waals surface area contributed by atoms with E-state index in [1.807, 2.05) is 0 Å². The summed E-state index contributed by atoms with van der Waals surface area (Å²) in [6.07, 6.45) is 0.876. The maximum atomic E-state index is 2.35. The third-order valence-corrected chi connectivity index (χ3v) is 8.88. The molecule has 7 aromatic rings. The predicted molar refractivity (Wildman–Crippen MR) is 169 cm³/mol. The fourth-order valence-corrected chi connectivity index (χ4v) is 7.24. The van der Waals surface area contributed by atoms with E-state index in [9.17, 15) is 0 Å². The first kappa shape index (κ1) is 23.0. The van der Waals surface area contributed by atoms with Crippen molar-refractivity contribution in [2.24, 2.45) is 0 Å². The van der Waals surface area contributed by atoms with Crippen LogP contribution in [0.15, 0.2) is 158 Å². The summed E-state index contributed by atoms with van der Waals surface area (Å²) in [5, 5.41) is 5.28. The lowest BCUT2D eigenvalue weighted by molar-refractivity contribution is 0.634. The summed E-state index contributed by atoms with van der Waals surface area (Å²) in [5.74, 6) is 0. The Kier molecular flexibility index (Phi) is 5.21. The number of rotatable bonds is 4. The van der Waals surface area contributed by atoms with Gasteiger partial charge < -0.3 is 0 Å². The topological polar surface area (TPSA) is 0 Å².